The highest BCUT2D eigenvalue weighted by Gasteiger charge is 2.10. The van der Waals surface area contributed by atoms with E-state index in [-0.39, 0.29) is 16.7 Å². The van der Waals surface area contributed by atoms with Gasteiger partial charge < -0.3 is 11.1 Å². The maximum absolute atomic E-state index is 12.9. The van der Waals surface area contributed by atoms with Crippen LogP contribution in [0.2, 0.25) is 5.02 Å². The molecule has 2 rings (SSSR count). The van der Waals surface area contributed by atoms with Gasteiger partial charge in [-0.05, 0) is 24.3 Å². The number of benzene rings is 1. The molecule has 1 aromatic heterocycles. The smallest absolute Gasteiger partial charge is 0.293 e. The van der Waals surface area contributed by atoms with Crippen molar-refractivity contribution in [3.63, 3.8) is 0 Å². The summed E-state index contributed by atoms with van der Waals surface area (Å²) in [6.45, 7) is 0. The van der Waals surface area contributed by atoms with Gasteiger partial charge in [0, 0.05) is 11.9 Å². The number of anilines is 2. The minimum absolute atomic E-state index is 0.0737. The van der Waals surface area contributed by atoms with Gasteiger partial charge in [-0.25, -0.2) is 14.4 Å². The van der Waals surface area contributed by atoms with Crippen LogP contribution in [0.5, 0.6) is 0 Å². The van der Waals surface area contributed by atoms with E-state index in [0.717, 1.165) is 6.07 Å². The molecule has 0 spiro atoms. The normalized spacial score (nSPS) is 10.1. The Hall–Kier alpha value is -2.21. The standard InChI is InChI=1S/C11H8ClFN4O/c12-7-5-6(1-2-8(7)13)16-11(18)10-15-4-3-9(14)17-10/h1-5H,(H,16,18)(H2,14,15,17). The van der Waals surface area contributed by atoms with Gasteiger partial charge >= 0.3 is 0 Å². The lowest BCUT2D eigenvalue weighted by Gasteiger charge is -2.05. The fourth-order valence-electron chi connectivity index (χ4n) is 1.24. The van der Waals surface area contributed by atoms with Gasteiger partial charge in [-0.1, -0.05) is 11.6 Å². The number of carbonyl (C=O) groups is 1. The van der Waals surface area contributed by atoms with E-state index < -0.39 is 11.7 Å². The third-order valence-corrected chi connectivity index (χ3v) is 2.35. The van der Waals surface area contributed by atoms with Crippen LogP contribution >= 0.6 is 11.6 Å². The average Bonchev–Trinajstić information content (AvgIpc) is 2.34. The molecule has 1 aromatic carbocycles. The summed E-state index contributed by atoms with van der Waals surface area (Å²) >= 11 is 5.59. The summed E-state index contributed by atoms with van der Waals surface area (Å²) in [6, 6.07) is 5.29. The Bertz CT molecular complexity index is 605. The largest absolute Gasteiger partial charge is 0.384 e. The van der Waals surface area contributed by atoms with Gasteiger partial charge in [0.15, 0.2) is 0 Å². The van der Waals surface area contributed by atoms with Crippen LogP contribution in [0.1, 0.15) is 10.6 Å². The summed E-state index contributed by atoms with van der Waals surface area (Å²) in [7, 11) is 0. The summed E-state index contributed by atoms with van der Waals surface area (Å²) in [6.07, 6.45) is 1.37. The molecule has 1 heterocycles. The zero-order valence-corrected chi connectivity index (χ0v) is 9.78. The zero-order chi connectivity index (χ0) is 13.1. The van der Waals surface area contributed by atoms with E-state index in [1.165, 1.54) is 24.4 Å². The summed E-state index contributed by atoms with van der Waals surface area (Å²) in [5.74, 6) is -0.998. The number of amides is 1. The van der Waals surface area contributed by atoms with Gasteiger partial charge in [0.05, 0.1) is 5.02 Å². The molecule has 0 saturated heterocycles. The molecule has 0 aliphatic heterocycles. The molecule has 0 atom stereocenters. The molecule has 0 radical (unpaired) electrons. The number of carbonyl (C=O) groups excluding carboxylic acids is 1. The number of nitrogens with two attached hydrogens (primary N) is 1. The van der Waals surface area contributed by atoms with Crippen LogP contribution in [-0.4, -0.2) is 15.9 Å². The summed E-state index contributed by atoms with van der Waals surface area (Å²) in [5, 5.41) is 2.40. The second kappa shape index (κ2) is 4.97. The van der Waals surface area contributed by atoms with Crippen LogP contribution in [0.15, 0.2) is 30.5 Å². The molecule has 3 N–H and O–H groups in total. The van der Waals surface area contributed by atoms with E-state index in [2.05, 4.69) is 15.3 Å². The molecule has 1 amide bonds. The Labute approximate surface area is 107 Å². The molecule has 5 nitrogen and oxygen atoms in total. The lowest BCUT2D eigenvalue weighted by atomic mass is 10.3. The SMILES string of the molecule is Nc1ccnc(C(=O)Nc2ccc(F)c(Cl)c2)n1. The quantitative estimate of drug-likeness (QED) is 0.872. The Balaban J connectivity index is 2.18. The number of nitrogen functional groups attached to an aromatic ring is 1. The van der Waals surface area contributed by atoms with Gasteiger partial charge in [0.25, 0.3) is 5.91 Å². The highest BCUT2D eigenvalue weighted by atomic mass is 35.5. The predicted octanol–water partition coefficient (Wildman–Crippen LogP) is 2.10. The fraction of sp³-hybridized carbons (Fsp3) is 0. The maximum atomic E-state index is 12.9. The molecule has 2 aromatic rings. The fourth-order valence-corrected chi connectivity index (χ4v) is 1.42. The number of nitrogens with one attached hydrogen (secondary N) is 1. The van der Waals surface area contributed by atoms with Crippen LogP contribution in [-0.2, 0) is 0 Å². The average molecular weight is 267 g/mol. The molecule has 0 aliphatic rings. The molecule has 92 valence electrons. The van der Waals surface area contributed by atoms with Crippen molar-refractivity contribution in [2.45, 2.75) is 0 Å². The van der Waals surface area contributed by atoms with E-state index >= 15 is 0 Å². The zero-order valence-electron chi connectivity index (χ0n) is 9.02. The monoisotopic (exact) mass is 266 g/mol. The van der Waals surface area contributed by atoms with Crippen LogP contribution < -0.4 is 11.1 Å². The lowest BCUT2D eigenvalue weighted by molar-refractivity contribution is 0.101. The molecule has 18 heavy (non-hydrogen) atoms. The van der Waals surface area contributed by atoms with Gasteiger partial charge in [-0.3, -0.25) is 4.79 Å². The first-order valence-corrected chi connectivity index (χ1v) is 5.29. The second-order valence-corrected chi connectivity index (χ2v) is 3.80. The first-order valence-electron chi connectivity index (χ1n) is 4.91. The van der Waals surface area contributed by atoms with E-state index in [4.69, 9.17) is 17.3 Å². The first-order chi connectivity index (χ1) is 8.56. The second-order valence-electron chi connectivity index (χ2n) is 3.39. The third-order valence-electron chi connectivity index (χ3n) is 2.06. The Morgan fingerprint density at radius 3 is 2.83 bits per heavy atom. The minimum atomic E-state index is -0.560. The van der Waals surface area contributed by atoms with Crippen LogP contribution in [0.25, 0.3) is 0 Å². The van der Waals surface area contributed by atoms with E-state index in [0.29, 0.717) is 5.69 Å². The van der Waals surface area contributed by atoms with E-state index in [1.54, 1.807) is 0 Å². The van der Waals surface area contributed by atoms with E-state index in [1.807, 2.05) is 0 Å². The number of hydrogen-bond acceptors (Lipinski definition) is 4. The number of rotatable bonds is 2. The minimum Gasteiger partial charge on any atom is -0.384 e. The molecular weight excluding hydrogens is 259 g/mol. The molecule has 0 unspecified atom stereocenters. The Morgan fingerprint density at radius 2 is 2.17 bits per heavy atom. The third kappa shape index (κ3) is 2.72. The van der Waals surface area contributed by atoms with Crippen molar-refractivity contribution in [1.29, 1.82) is 0 Å². The van der Waals surface area contributed by atoms with Gasteiger partial charge in [-0.2, -0.15) is 0 Å². The van der Waals surface area contributed by atoms with E-state index in [9.17, 15) is 9.18 Å². The number of hydrogen-bond donors (Lipinski definition) is 2. The summed E-state index contributed by atoms with van der Waals surface area (Å²) in [4.78, 5) is 19.3. The molecule has 0 bridgehead atoms. The van der Waals surface area contributed by atoms with Crippen molar-refractivity contribution in [2.75, 3.05) is 11.1 Å². The maximum Gasteiger partial charge on any atom is 0.293 e. The summed E-state index contributed by atoms with van der Waals surface area (Å²) < 4.78 is 12.9. The highest BCUT2D eigenvalue weighted by molar-refractivity contribution is 6.31. The van der Waals surface area contributed by atoms with Gasteiger partial charge in [0.1, 0.15) is 11.6 Å². The number of halogens is 2. The molecule has 0 saturated carbocycles. The van der Waals surface area contributed by atoms with Crippen LogP contribution in [0.3, 0.4) is 0 Å². The summed E-state index contributed by atoms with van der Waals surface area (Å²) in [5.41, 5.74) is 5.78. The number of aromatic nitrogens is 2. The van der Waals surface area contributed by atoms with Crippen molar-refractivity contribution in [2.24, 2.45) is 0 Å². The molecule has 0 aliphatic carbocycles. The first kappa shape index (κ1) is 12.3. The van der Waals surface area contributed by atoms with Crippen molar-refractivity contribution in [1.82, 2.24) is 9.97 Å². The molecule has 0 fully saturated rings. The molecular formula is C11H8ClFN4O. The Morgan fingerprint density at radius 1 is 1.39 bits per heavy atom. The van der Waals surface area contributed by atoms with Crippen LogP contribution in [0.4, 0.5) is 15.9 Å². The van der Waals surface area contributed by atoms with Crippen molar-refractivity contribution < 1.29 is 9.18 Å². The van der Waals surface area contributed by atoms with Crippen LogP contribution in [0, 0.1) is 5.82 Å². The number of nitrogens with zero attached hydrogens (tertiary/aromatic N) is 2. The van der Waals surface area contributed by atoms with Crippen molar-refractivity contribution in [3.05, 3.63) is 47.1 Å². The Kier molecular flexibility index (Phi) is 3.38. The van der Waals surface area contributed by atoms with Crippen molar-refractivity contribution >= 4 is 29.0 Å². The van der Waals surface area contributed by atoms with Crippen molar-refractivity contribution in [3.8, 4) is 0 Å². The van der Waals surface area contributed by atoms with Gasteiger partial charge in [0.2, 0.25) is 5.82 Å². The lowest BCUT2D eigenvalue weighted by Crippen LogP contribution is -2.16. The predicted molar refractivity (Wildman–Crippen MR) is 65.8 cm³/mol. The topological polar surface area (TPSA) is 80.9 Å². The van der Waals surface area contributed by atoms with Gasteiger partial charge in [-0.15, -0.1) is 0 Å². The molecule has 7 heteroatoms. The highest BCUT2D eigenvalue weighted by Crippen LogP contribution is 2.19.